The van der Waals surface area contributed by atoms with Crippen molar-refractivity contribution in [2.24, 2.45) is 0 Å². The molecular weight excluding hydrogens is 216 g/mol. The molecule has 0 spiro atoms. The third-order valence-corrected chi connectivity index (χ3v) is 2.36. The van der Waals surface area contributed by atoms with Crippen LogP contribution < -0.4 is 4.74 Å². The van der Waals surface area contributed by atoms with E-state index in [0.717, 1.165) is 11.3 Å². The van der Waals surface area contributed by atoms with Gasteiger partial charge in [0.05, 0.1) is 26.1 Å². The molecule has 90 valence electrons. The van der Waals surface area contributed by atoms with Crippen molar-refractivity contribution in [3.05, 3.63) is 29.8 Å². The fourth-order valence-electron chi connectivity index (χ4n) is 1.63. The number of ether oxygens (including phenoxy) is 1. The van der Waals surface area contributed by atoms with E-state index in [9.17, 15) is 4.79 Å². The number of likely N-dealkylation sites (N-methyl/N-ethyl adjacent to an activating group) is 1. The average Bonchev–Trinajstić information content (AvgIpc) is 2.29. The highest BCUT2D eigenvalue weighted by molar-refractivity contribution is 5.82. The summed E-state index contributed by atoms with van der Waals surface area (Å²) in [5, 5.41) is 8.41. The molecule has 0 fully saturated rings. The largest absolute Gasteiger partial charge is 0.496 e. The molecule has 0 saturated heterocycles. The van der Waals surface area contributed by atoms with Crippen LogP contribution in [0.1, 0.15) is 12.0 Å². The molecule has 1 rings (SSSR count). The quantitative estimate of drug-likeness (QED) is 0.747. The van der Waals surface area contributed by atoms with Gasteiger partial charge in [0.2, 0.25) is 0 Å². The molecule has 0 atom stereocenters. The van der Waals surface area contributed by atoms with E-state index >= 15 is 0 Å². The minimum atomic E-state index is -0.0649. The van der Waals surface area contributed by atoms with Crippen molar-refractivity contribution < 1.29 is 9.53 Å². The summed E-state index contributed by atoms with van der Waals surface area (Å²) in [6.07, 6.45) is -0.0315. The number of para-hydroxylation sites is 1. The number of nitrogens with zero attached hydrogens (tertiary/aromatic N) is 2. The van der Waals surface area contributed by atoms with Crippen LogP contribution in [-0.2, 0) is 11.3 Å². The van der Waals surface area contributed by atoms with E-state index in [0.29, 0.717) is 6.54 Å². The molecule has 1 aromatic rings. The van der Waals surface area contributed by atoms with Crippen molar-refractivity contribution in [1.29, 1.82) is 5.26 Å². The van der Waals surface area contributed by atoms with Gasteiger partial charge in [-0.1, -0.05) is 18.2 Å². The topological polar surface area (TPSA) is 53.3 Å². The summed E-state index contributed by atoms with van der Waals surface area (Å²) in [5.74, 6) is 0.747. The Labute approximate surface area is 101 Å². The lowest BCUT2D eigenvalue weighted by atomic mass is 10.2. The number of rotatable bonds is 6. The Morgan fingerprint density at radius 3 is 2.82 bits per heavy atom. The van der Waals surface area contributed by atoms with Crippen molar-refractivity contribution in [1.82, 2.24) is 4.90 Å². The number of hydrogen-bond acceptors (Lipinski definition) is 4. The lowest BCUT2D eigenvalue weighted by molar-refractivity contribution is -0.119. The highest BCUT2D eigenvalue weighted by Gasteiger charge is 2.09. The van der Waals surface area contributed by atoms with E-state index < -0.39 is 0 Å². The standard InChI is InChI=1S/C13H16N2O2/c1-15(10-12(16)7-8-14)9-11-5-3-4-6-13(11)17-2/h3-6H,7,9-10H2,1-2H3. The molecule has 17 heavy (non-hydrogen) atoms. The van der Waals surface area contributed by atoms with Crippen LogP contribution in [0, 0.1) is 11.3 Å². The minimum Gasteiger partial charge on any atom is -0.496 e. The van der Waals surface area contributed by atoms with E-state index in [2.05, 4.69) is 0 Å². The number of carbonyl (C=O) groups is 1. The zero-order valence-corrected chi connectivity index (χ0v) is 10.1. The lowest BCUT2D eigenvalue weighted by Crippen LogP contribution is -2.25. The maximum Gasteiger partial charge on any atom is 0.160 e. The molecule has 0 aliphatic rings. The second-order valence-electron chi connectivity index (χ2n) is 3.86. The number of Topliss-reactive ketones (excluding diaryl/α,β-unsaturated/α-hetero) is 1. The summed E-state index contributed by atoms with van der Waals surface area (Å²) in [6, 6.07) is 9.55. The molecule has 0 N–H and O–H groups in total. The fraction of sp³-hybridized carbons (Fsp3) is 0.385. The predicted octanol–water partition coefficient (Wildman–Crippen LogP) is 1.61. The highest BCUT2D eigenvalue weighted by Crippen LogP contribution is 2.18. The van der Waals surface area contributed by atoms with Crippen LogP contribution in [0.3, 0.4) is 0 Å². The summed E-state index contributed by atoms with van der Waals surface area (Å²) in [5.41, 5.74) is 1.03. The molecule has 0 aromatic heterocycles. The molecule has 4 heteroatoms. The summed E-state index contributed by atoms with van der Waals surface area (Å²) < 4.78 is 5.23. The SMILES string of the molecule is COc1ccccc1CN(C)CC(=O)CC#N. The van der Waals surface area contributed by atoms with Crippen molar-refractivity contribution in [3.8, 4) is 11.8 Å². The van der Waals surface area contributed by atoms with Gasteiger partial charge in [0, 0.05) is 12.1 Å². The molecule has 0 bridgehead atoms. The third kappa shape index (κ3) is 4.25. The maximum atomic E-state index is 11.3. The first-order chi connectivity index (χ1) is 8.17. The van der Waals surface area contributed by atoms with Gasteiger partial charge in [-0.05, 0) is 13.1 Å². The summed E-state index contributed by atoms with van der Waals surface area (Å²) in [4.78, 5) is 13.2. The Morgan fingerprint density at radius 1 is 1.47 bits per heavy atom. The molecule has 0 unspecified atom stereocenters. The highest BCUT2D eigenvalue weighted by atomic mass is 16.5. The molecule has 0 aliphatic heterocycles. The zero-order valence-electron chi connectivity index (χ0n) is 10.1. The Morgan fingerprint density at radius 2 is 2.18 bits per heavy atom. The Kier molecular flexibility index (Phi) is 5.18. The van der Waals surface area contributed by atoms with E-state index in [1.54, 1.807) is 7.11 Å². The number of methoxy groups -OCH3 is 1. The second kappa shape index (κ2) is 6.66. The van der Waals surface area contributed by atoms with Crippen LogP contribution in [0.25, 0.3) is 0 Å². The van der Waals surface area contributed by atoms with Crippen LogP contribution in [0.5, 0.6) is 5.75 Å². The molecule has 1 aromatic carbocycles. The van der Waals surface area contributed by atoms with Crippen molar-refractivity contribution in [3.63, 3.8) is 0 Å². The molecule has 0 saturated carbocycles. The van der Waals surface area contributed by atoms with Gasteiger partial charge in [0.15, 0.2) is 5.78 Å². The first kappa shape index (κ1) is 13.2. The average molecular weight is 232 g/mol. The smallest absolute Gasteiger partial charge is 0.160 e. The number of hydrogen-bond donors (Lipinski definition) is 0. The Hall–Kier alpha value is -1.86. The van der Waals surface area contributed by atoms with Crippen molar-refractivity contribution >= 4 is 5.78 Å². The van der Waals surface area contributed by atoms with Crippen LogP contribution in [0.15, 0.2) is 24.3 Å². The van der Waals surface area contributed by atoms with Gasteiger partial charge < -0.3 is 4.74 Å². The Bertz CT molecular complexity index is 424. The number of carbonyl (C=O) groups excluding carboxylic acids is 1. The van der Waals surface area contributed by atoms with Gasteiger partial charge in [-0.2, -0.15) is 5.26 Å². The lowest BCUT2D eigenvalue weighted by Gasteiger charge is -2.16. The van der Waals surface area contributed by atoms with E-state index in [4.69, 9.17) is 10.00 Å². The van der Waals surface area contributed by atoms with Crippen molar-refractivity contribution in [2.45, 2.75) is 13.0 Å². The number of nitriles is 1. The number of ketones is 1. The first-order valence-corrected chi connectivity index (χ1v) is 5.36. The van der Waals surface area contributed by atoms with Gasteiger partial charge in [-0.25, -0.2) is 0 Å². The monoisotopic (exact) mass is 232 g/mol. The van der Waals surface area contributed by atoms with Gasteiger partial charge >= 0.3 is 0 Å². The van der Waals surface area contributed by atoms with Crippen LogP contribution in [0.4, 0.5) is 0 Å². The van der Waals surface area contributed by atoms with Crippen LogP contribution in [-0.4, -0.2) is 31.4 Å². The van der Waals surface area contributed by atoms with Crippen LogP contribution >= 0.6 is 0 Å². The molecule has 4 nitrogen and oxygen atoms in total. The third-order valence-electron chi connectivity index (χ3n) is 2.36. The predicted molar refractivity (Wildman–Crippen MR) is 64.6 cm³/mol. The van der Waals surface area contributed by atoms with E-state index in [1.165, 1.54) is 0 Å². The van der Waals surface area contributed by atoms with E-state index in [1.807, 2.05) is 42.3 Å². The normalized spacial score (nSPS) is 10.0. The molecule has 0 amide bonds. The summed E-state index contributed by atoms with van der Waals surface area (Å²) in [7, 11) is 3.47. The first-order valence-electron chi connectivity index (χ1n) is 5.36. The maximum absolute atomic E-state index is 11.3. The zero-order chi connectivity index (χ0) is 12.7. The summed E-state index contributed by atoms with van der Waals surface area (Å²) >= 11 is 0. The van der Waals surface area contributed by atoms with Crippen molar-refractivity contribution in [2.75, 3.05) is 20.7 Å². The summed E-state index contributed by atoms with van der Waals surface area (Å²) in [6.45, 7) is 0.910. The van der Waals surface area contributed by atoms with Gasteiger partial charge in [-0.15, -0.1) is 0 Å². The molecular formula is C13H16N2O2. The molecule has 0 heterocycles. The van der Waals surface area contributed by atoms with Gasteiger partial charge in [-0.3, -0.25) is 9.69 Å². The van der Waals surface area contributed by atoms with Gasteiger partial charge in [0.1, 0.15) is 5.75 Å². The van der Waals surface area contributed by atoms with Crippen LogP contribution in [0.2, 0.25) is 0 Å². The molecule has 0 radical (unpaired) electrons. The molecule has 0 aliphatic carbocycles. The Balaban J connectivity index is 2.59. The second-order valence-corrected chi connectivity index (χ2v) is 3.86. The minimum absolute atomic E-state index is 0.0315. The number of benzene rings is 1. The van der Waals surface area contributed by atoms with Gasteiger partial charge in [0.25, 0.3) is 0 Å². The fourth-order valence-corrected chi connectivity index (χ4v) is 1.63. The van der Waals surface area contributed by atoms with E-state index in [-0.39, 0.29) is 18.7 Å².